The molecule has 1 amide bonds. The highest BCUT2D eigenvalue weighted by molar-refractivity contribution is 5.77. The van der Waals surface area contributed by atoms with Crippen LogP contribution in [0.4, 0.5) is 0 Å². The van der Waals surface area contributed by atoms with E-state index < -0.39 is 0 Å². The zero-order chi connectivity index (χ0) is 14.8. The Morgan fingerprint density at radius 1 is 1.40 bits per heavy atom. The Morgan fingerprint density at radius 2 is 2.10 bits per heavy atom. The average Bonchev–Trinajstić information content (AvgIpc) is 2.37. The molecule has 0 heterocycles. The maximum atomic E-state index is 11.5. The Balaban J connectivity index is 2.03. The van der Waals surface area contributed by atoms with Crippen molar-refractivity contribution < 1.29 is 4.79 Å². The minimum atomic E-state index is -0.180. The zero-order valence-electron chi connectivity index (χ0n) is 13.0. The molecule has 2 atom stereocenters. The summed E-state index contributed by atoms with van der Waals surface area (Å²) in [4.78, 5) is 11.5. The van der Waals surface area contributed by atoms with Gasteiger partial charge in [-0.3, -0.25) is 4.79 Å². The van der Waals surface area contributed by atoms with E-state index in [2.05, 4.69) is 38.2 Å². The Hall–Kier alpha value is -1.09. The third kappa shape index (κ3) is 3.32. The average molecular weight is 276 g/mol. The van der Waals surface area contributed by atoms with Crippen LogP contribution in [0.15, 0.2) is 23.3 Å². The number of allylic oxidation sites excluding steroid dienone is 2. The number of hydrogen-bond donors (Lipinski definition) is 2. The summed E-state index contributed by atoms with van der Waals surface area (Å²) in [6.07, 6.45) is 9.66. The van der Waals surface area contributed by atoms with Gasteiger partial charge in [-0.2, -0.15) is 0 Å². The maximum absolute atomic E-state index is 11.5. The molecule has 3 N–H and O–H groups in total. The minimum absolute atomic E-state index is 0.0624. The van der Waals surface area contributed by atoms with Crippen molar-refractivity contribution >= 4 is 5.91 Å². The van der Waals surface area contributed by atoms with Crippen molar-refractivity contribution in [2.75, 3.05) is 6.54 Å². The van der Waals surface area contributed by atoms with Crippen LogP contribution in [0.5, 0.6) is 0 Å². The Kier molecular flexibility index (Phi) is 4.69. The first-order valence-corrected chi connectivity index (χ1v) is 7.78. The number of nitrogens with one attached hydrogen (secondary N) is 1. The van der Waals surface area contributed by atoms with Crippen LogP contribution in [0, 0.1) is 11.3 Å². The van der Waals surface area contributed by atoms with Crippen molar-refractivity contribution in [3.63, 3.8) is 0 Å². The van der Waals surface area contributed by atoms with Crippen LogP contribution in [0.2, 0.25) is 0 Å². The molecule has 112 valence electrons. The van der Waals surface area contributed by atoms with Crippen LogP contribution >= 0.6 is 0 Å². The summed E-state index contributed by atoms with van der Waals surface area (Å²) < 4.78 is 0. The van der Waals surface area contributed by atoms with Crippen molar-refractivity contribution in [3.05, 3.63) is 23.3 Å². The Morgan fingerprint density at radius 3 is 2.75 bits per heavy atom. The van der Waals surface area contributed by atoms with Crippen LogP contribution in [0.3, 0.4) is 0 Å². The van der Waals surface area contributed by atoms with Crippen molar-refractivity contribution in [2.45, 2.75) is 58.9 Å². The number of amides is 1. The molecule has 0 aromatic heterocycles. The number of rotatable bonds is 4. The van der Waals surface area contributed by atoms with Gasteiger partial charge in [0, 0.05) is 12.6 Å². The van der Waals surface area contributed by atoms with Crippen LogP contribution in [0.1, 0.15) is 52.9 Å². The van der Waals surface area contributed by atoms with Gasteiger partial charge in [-0.1, -0.05) is 37.1 Å². The van der Waals surface area contributed by atoms with Gasteiger partial charge in [0.15, 0.2) is 0 Å². The van der Waals surface area contributed by atoms with E-state index in [1.807, 2.05) is 0 Å². The van der Waals surface area contributed by atoms with Crippen LogP contribution < -0.4 is 11.1 Å². The second-order valence-electron chi connectivity index (χ2n) is 6.94. The van der Waals surface area contributed by atoms with E-state index in [-0.39, 0.29) is 23.3 Å². The summed E-state index contributed by atoms with van der Waals surface area (Å²) in [6, 6.07) is 0.190. The minimum Gasteiger partial charge on any atom is -0.369 e. The summed E-state index contributed by atoms with van der Waals surface area (Å²) >= 11 is 0. The van der Waals surface area contributed by atoms with Gasteiger partial charge in [0.1, 0.15) is 0 Å². The monoisotopic (exact) mass is 276 g/mol. The standard InChI is InChI=1S/C17H28N2O/c1-12-7-6-10-17(2,3)14(12)11-19-15-9-5-4-8-13(15)16(18)20/h4-5,13,15,19H,6-11H2,1-3H3,(H2,18,20)/t13-,15-/m1/s1. The number of carbonyl (C=O) groups excluding carboxylic acids is 1. The lowest BCUT2D eigenvalue weighted by atomic mass is 9.72. The molecule has 0 saturated heterocycles. The number of primary amides is 1. The molecule has 2 aliphatic rings. The molecule has 3 heteroatoms. The smallest absolute Gasteiger partial charge is 0.222 e. The van der Waals surface area contributed by atoms with Crippen LogP contribution in [0.25, 0.3) is 0 Å². The second kappa shape index (κ2) is 6.13. The van der Waals surface area contributed by atoms with E-state index in [4.69, 9.17) is 5.73 Å². The molecule has 0 unspecified atom stereocenters. The highest BCUT2D eigenvalue weighted by atomic mass is 16.1. The van der Waals surface area contributed by atoms with Gasteiger partial charge in [0.25, 0.3) is 0 Å². The first-order valence-electron chi connectivity index (χ1n) is 7.78. The van der Waals surface area contributed by atoms with Gasteiger partial charge in [-0.05, 0) is 44.4 Å². The Bertz CT molecular complexity index is 434. The summed E-state index contributed by atoms with van der Waals surface area (Å²) in [5.41, 5.74) is 8.85. The van der Waals surface area contributed by atoms with Crippen molar-refractivity contribution in [3.8, 4) is 0 Å². The highest BCUT2D eigenvalue weighted by Crippen LogP contribution is 2.39. The maximum Gasteiger partial charge on any atom is 0.222 e. The van der Waals surface area contributed by atoms with Crippen molar-refractivity contribution in [1.29, 1.82) is 0 Å². The van der Waals surface area contributed by atoms with Gasteiger partial charge in [-0.15, -0.1) is 0 Å². The molecule has 2 rings (SSSR count). The van der Waals surface area contributed by atoms with E-state index >= 15 is 0 Å². The van der Waals surface area contributed by atoms with Gasteiger partial charge in [0.2, 0.25) is 5.91 Å². The predicted molar refractivity (Wildman–Crippen MR) is 83.2 cm³/mol. The van der Waals surface area contributed by atoms with Gasteiger partial charge in [-0.25, -0.2) is 0 Å². The molecule has 0 aliphatic heterocycles. The fourth-order valence-electron chi connectivity index (χ4n) is 3.65. The molecule has 0 saturated carbocycles. The molecule has 0 radical (unpaired) electrons. The first kappa shape index (κ1) is 15.3. The van der Waals surface area contributed by atoms with E-state index in [1.54, 1.807) is 0 Å². The molecular formula is C17H28N2O. The SMILES string of the molecule is CC1=C(CN[C@@H]2CC=CC[C@H]2C(N)=O)C(C)(C)CCC1. The number of nitrogens with two attached hydrogens (primary N) is 1. The molecule has 0 fully saturated rings. The first-order chi connectivity index (χ1) is 9.42. The summed E-state index contributed by atoms with van der Waals surface area (Å²) in [7, 11) is 0. The summed E-state index contributed by atoms with van der Waals surface area (Å²) in [5, 5.41) is 3.60. The fourth-order valence-corrected chi connectivity index (χ4v) is 3.65. The topological polar surface area (TPSA) is 55.1 Å². The summed E-state index contributed by atoms with van der Waals surface area (Å²) in [5.74, 6) is -0.243. The number of hydrogen-bond acceptors (Lipinski definition) is 2. The molecule has 2 aliphatic carbocycles. The molecule has 3 nitrogen and oxygen atoms in total. The molecule has 0 aromatic rings. The number of carbonyl (C=O) groups is 1. The third-order valence-electron chi connectivity index (χ3n) is 5.02. The lowest BCUT2D eigenvalue weighted by molar-refractivity contribution is -0.122. The van der Waals surface area contributed by atoms with E-state index in [0.717, 1.165) is 19.4 Å². The quantitative estimate of drug-likeness (QED) is 0.776. The zero-order valence-corrected chi connectivity index (χ0v) is 13.0. The van der Waals surface area contributed by atoms with E-state index in [9.17, 15) is 4.79 Å². The third-order valence-corrected chi connectivity index (χ3v) is 5.02. The summed E-state index contributed by atoms with van der Waals surface area (Å²) in [6.45, 7) is 7.81. The molecule has 0 bridgehead atoms. The molecule has 20 heavy (non-hydrogen) atoms. The normalized spacial score (nSPS) is 29.6. The molecular weight excluding hydrogens is 248 g/mol. The fraction of sp³-hybridized carbons (Fsp3) is 0.706. The largest absolute Gasteiger partial charge is 0.369 e. The molecule has 0 spiro atoms. The van der Waals surface area contributed by atoms with Crippen LogP contribution in [-0.4, -0.2) is 18.5 Å². The van der Waals surface area contributed by atoms with Crippen molar-refractivity contribution in [1.82, 2.24) is 5.32 Å². The second-order valence-corrected chi connectivity index (χ2v) is 6.94. The highest BCUT2D eigenvalue weighted by Gasteiger charge is 2.31. The Labute approximate surface area is 122 Å². The van der Waals surface area contributed by atoms with Gasteiger partial charge < -0.3 is 11.1 Å². The van der Waals surface area contributed by atoms with E-state index in [0.29, 0.717) is 0 Å². The molecule has 0 aromatic carbocycles. The van der Waals surface area contributed by atoms with E-state index in [1.165, 1.54) is 30.4 Å². The van der Waals surface area contributed by atoms with Gasteiger partial charge >= 0.3 is 0 Å². The lowest BCUT2D eigenvalue weighted by Gasteiger charge is -2.36. The van der Waals surface area contributed by atoms with Crippen LogP contribution in [-0.2, 0) is 4.79 Å². The van der Waals surface area contributed by atoms with Gasteiger partial charge in [0.05, 0.1) is 5.92 Å². The van der Waals surface area contributed by atoms with Crippen molar-refractivity contribution in [2.24, 2.45) is 17.1 Å². The lowest BCUT2D eigenvalue weighted by Crippen LogP contribution is -2.45. The predicted octanol–water partition coefficient (Wildman–Crippen LogP) is 2.92.